The third-order valence-electron chi connectivity index (χ3n) is 5.37. The van der Waals surface area contributed by atoms with Crippen LogP contribution in [-0.4, -0.2) is 23.1 Å². The summed E-state index contributed by atoms with van der Waals surface area (Å²) in [7, 11) is 0. The molecule has 0 aliphatic rings. The van der Waals surface area contributed by atoms with Crippen molar-refractivity contribution in [1.29, 1.82) is 0 Å². The van der Waals surface area contributed by atoms with E-state index in [1.807, 2.05) is 27.7 Å². The van der Waals surface area contributed by atoms with E-state index in [0.717, 1.165) is 38.5 Å². The summed E-state index contributed by atoms with van der Waals surface area (Å²) < 4.78 is 11.5. The highest BCUT2D eigenvalue weighted by molar-refractivity contribution is 6.03. The lowest BCUT2D eigenvalue weighted by molar-refractivity contribution is -0.0103. The van der Waals surface area contributed by atoms with Crippen molar-refractivity contribution in [3.05, 3.63) is 35.4 Å². The fourth-order valence-electron chi connectivity index (χ4n) is 3.51. The third kappa shape index (κ3) is 9.77. The SMILES string of the molecule is CCCCCCC(C)(C)OC(=O)c1ccccc1C(=O)OC(C)(C)CCCCCC. The summed E-state index contributed by atoms with van der Waals surface area (Å²) in [5, 5.41) is 0. The summed E-state index contributed by atoms with van der Waals surface area (Å²) in [4.78, 5) is 25.7. The predicted molar refractivity (Wildman–Crippen MR) is 123 cm³/mol. The smallest absolute Gasteiger partial charge is 0.339 e. The second-order valence-corrected chi connectivity index (χ2v) is 9.47. The minimum absolute atomic E-state index is 0.269. The van der Waals surface area contributed by atoms with Gasteiger partial charge in [-0.05, 0) is 65.5 Å². The van der Waals surface area contributed by atoms with Gasteiger partial charge in [0.1, 0.15) is 11.2 Å². The Balaban J connectivity index is 2.78. The fraction of sp³-hybridized carbons (Fsp3) is 0.692. The Kier molecular flexibility index (Phi) is 11.1. The van der Waals surface area contributed by atoms with E-state index in [2.05, 4.69) is 13.8 Å². The van der Waals surface area contributed by atoms with Crippen LogP contribution < -0.4 is 0 Å². The Hall–Kier alpha value is -1.84. The van der Waals surface area contributed by atoms with Crippen LogP contribution in [-0.2, 0) is 9.47 Å². The molecule has 0 bridgehead atoms. The first-order valence-electron chi connectivity index (χ1n) is 11.7. The minimum Gasteiger partial charge on any atom is -0.456 e. The number of hydrogen-bond acceptors (Lipinski definition) is 4. The van der Waals surface area contributed by atoms with Gasteiger partial charge < -0.3 is 9.47 Å². The van der Waals surface area contributed by atoms with Crippen molar-refractivity contribution in [3.8, 4) is 0 Å². The quantitative estimate of drug-likeness (QED) is 0.232. The Morgan fingerprint density at radius 1 is 0.667 bits per heavy atom. The molecule has 0 heterocycles. The number of esters is 2. The number of carbonyl (C=O) groups excluding carboxylic acids is 2. The normalized spacial score (nSPS) is 11.9. The van der Waals surface area contributed by atoms with Crippen LogP contribution in [0.15, 0.2) is 24.3 Å². The monoisotopic (exact) mass is 418 g/mol. The molecule has 0 aliphatic heterocycles. The van der Waals surface area contributed by atoms with Crippen molar-refractivity contribution in [2.75, 3.05) is 0 Å². The third-order valence-corrected chi connectivity index (χ3v) is 5.37. The first-order valence-corrected chi connectivity index (χ1v) is 11.7. The second kappa shape index (κ2) is 12.8. The number of benzene rings is 1. The molecular weight excluding hydrogens is 376 g/mol. The molecule has 4 nitrogen and oxygen atoms in total. The van der Waals surface area contributed by atoms with Crippen molar-refractivity contribution in [2.45, 2.75) is 117 Å². The molecule has 0 saturated carbocycles. The molecule has 0 amide bonds. The van der Waals surface area contributed by atoms with Crippen LogP contribution in [0, 0.1) is 0 Å². The van der Waals surface area contributed by atoms with Gasteiger partial charge in [0.05, 0.1) is 11.1 Å². The molecular formula is C26H42O4. The summed E-state index contributed by atoms with van der Waals surface area (Å²) in [6.45, 7) is 12.1. The fourth-order valence-corrected chi connectivity index (χ4v) is 3.51. The first-order chi connectivity index (χ1) is 14.1. The highest BCUT2D eigenvalue weighted by atomic mass is 16.6. The Morgan fingerprint density at radius 3 is 1.37 bits per heavy atom. The van der Waals surface area contributed by atoms with Crippen LogP contribution in [0.3, 0.4) is 0 Å². The van der Waals surface area contributed by atoms with E-state index in [1.54, 1.807) is 24.3 Å². The summed E-state index contributed by atoms with van der Waals surface area (Å²) in [6, 6.07) is 6.77. The molecule has 0 unspecified atom stereocenters. The minimum atomic E-state index is -0.569. The molecule has 4 heteroatoms. The molecule has 0 radical (unpaired) electrons. The van der Waals surface area contributed by atoms with Crippen LogP contribution in [0.5, 0.6) is 0 Å². The zero-order valence-electron chi connectivity index (χ0n) is 20.0. The molecule has 0 aliphatic carbocycles. The van der Waals surface area contributed by atoms with E-state index in [-0.39, 0.29) is 11.1 Å². The maximum atomic E-state index is 12.9. The van der Waals surface area contributed by atoms with Crippen molar-refractivity contribution in [3.63, 3.8) is 0 Å². The van der Waals surface area contributed by atoms with Crippen LogP contribution in [0.1, 0.15) is 126 Å². The largest absolute Gasteiger partial charge is 0.456 e. The lowest BCUT2D eigenvalue weighted by Gasteiger charge is -2.27. The van der Waals surface area contributed by atoms with E-state index in [1.165, 1.54) is 25.7 Å². The zero-order valence-corrected chi connectivity index (χ0v) is 20.0. The molecule has 1 rings (SSSR count). The average molecular weight is 419 g/mol. The van der Waals surface area contributed by atoms with Crippen LogP contribution in [0.4, 0.5) is 0 Å². The average Bonchev–Trinajstić information content (AvgIpc) is 2.68. The van der Waals surface area contributed by atoms with E-state index in [4.69, 9.17) is 9.47 Å². The molecule has 0 fully saturated rings. The number of carbonyl (C=O) groups is 2. The Bertz CT molecular complexity index is 604. The number of ether oxygens (including phenoxy) is 2. The topological polar surface area (TPSA) is 52.6 Å². The number of unbranched alkanes of at least 4 members (excludes halogenated alkanes) is 6. The van der Waals surface area contributed by atoms with Crippen LogP contribution >= 0.6 is 0 Å². The van der Waals surface area contributed by atoms with E-state index in [9.17, 15) is 9.59 Å². The van der Waals surface area contributed by atoms with Crippen LogP contribution in [0.25, 0.3) is 0 Å². The summed E-state index contributed by atoms with van der Waals surface area (Å²) in [5.74, 6) is -0.937. The van der Waals surface area contributed by atoms with Gasteiger partial charge in [0.2, 0.25) is 0 Å². The number of hydrogen-bond donors (Lipinski definition) is 0. The van der Waals surface area contributed by atoms with E-state index >= 15 is 0 Å². The molecule has 1 aromatic rings. The van der Waals surface area contributed by atoms with Gasteiger partial charge in [0, 0.05) is 0 Å². The second-order valence-electron chi connectivity index (χ2n) is 9.47. The van der Waals surface area contributed by atoms with Gasteiger partial charge in [-0.1, -0.05) is 64.5 Å². The lowest BCUT2D eigenvalue weighted by atomic mass is 9.99. The lowest BCUT2D eigenvalue weighted by Crippen LogP contribution is -2.31. The van der Waals surface area contributed by atoms with Gasteiger partial charge in [-0.3, -0.25) is 0 Å². The molecule has 0 saturated heterocycles. The van der Waals surface area contributed by atoms with Gasteiger partial charge in [0.15, 0.2) is 0 Å². The van der Waals surface area contributed by atoms with Gasteiger partial charge in [-0.2, -0.15) is 0 Å². The van der Waals surface area contributed by atoms with Crippen LogP contribution in [0.2, 0.25) is 0 Å². The van der Waals surface area contributed by atoms with Crippen molar-refractivity contribution < 1.29 is 19.1 Å². The molecule has 1 aromatic carbocycles. The molecule has 0 atom stereocenters. The number of rotatable bonds is 14. The Morgan fingerprint density at radius 2 is 1.03 bits per heavy atom. The highest BCUT2D eigenvalue weighted by Crippen LogP contribution is 2.25. The van der Waals surface area contributed by atoms with Crippen molar-refractivity contribution in [1.82, 2.24) is 0 Å². The maximum Gasteiger partial charge on any atom is 0.339 e. The summed E-state index contributed by atoms with van der Waals surface area (Å²) in [6.07, 6.45) is 10.6. The van der Waals surface area contributed by atoms with Gasteiger partial charge in [0.25, 0.3) is 0 Å². The molecule has 0 N–H and O–H groups in total. The highest BCUT2D eigenvalue weighted by Gasteiger charge is 2.29. The summed E-state index contributed by atoms with van der Waals surface area (Å²) in [5.41, 5.74) is -0.599. The molecule has 170 valence electrons. The first kappa shape index (κ1) is 26.2. The summed E-state index contributed by atoms with van der Waals surface area (Å²) >= 11 is 0. The predicted octanol–water partition coefficient (Wildman–Crippen LogP) is 7.50. The van der Waals surface area contributed by atoms with Gasteiger partial charge >= 0.3 is 11.9 Å². The van der Waals surface area contributed by atoms with Gasteiger partial charge in [-0.25, -0.2) is 9.59 Å². The van der Waals surface area contributed by atoms with Crippen molar-refractivity contribution >= 4 is 11.9 Å². The molecule has 0 aromatic heterocycles. The molecule has 0 spiro atoms. The van der Waals surface area contributed by atoms with E-state index in [0.29, 0.717) is 0 Å². The van der Waals surface area contributed by atoms with Crippen molar-refractivity contribution in [2.24, 2.45) is 0 Å². The zero-order chi connectivity index (χ0) is 22.6. The van der Waals surface area contributed by atoms with E-state index < -0.39 is 23.1 Å². The maximum absolute atomic E-state index is 12.9. The van der Waals surface area contributed by atoms with Gasteiger partial charge in [-0.15, -0.1) is 0 Å². The standard InChI is InChI=1S/C26H42O4/c1-7-9-11-15-19-25(3,4)29-23(27)21-17-13-14-18-22(21)24(28)30-26(5,6)20-16-12-10-8-2/h13-14,17-18H,7-12,15-16,19-20H2,1-6H3. The Labute approximate surface area is 183 Å². The molecule has 30 heavy (non-hydrogen) atoms.